The first-order chi connectivity index (χ1) is 12.2. The van der Waals surface area contributed by atoms with Crippen molar-refractivity contribution in [2.75, 3.05) is 26.2 Å². The number of carbonyl (C=O) groups is 2. The molecule has 0 unspecified atom stereocenters. The van der Waals surface area contributed by atoms with E-state index >= 15 is 0 Å². The molecule has 1 aromatic rings. The Kier molecular flexibility index (Phi) is 6.25. The molecule has 2 aliphatic heterocycles. The lowest BCUT2D eigenvalue weighted by Gasteiger charge is -2.32. The first-order valence-electron chi connectivity index (χ1n) is 9.34. The highest BCUT2D eigenvalue weighted by Crippen LogP contribution is 2.19. The lowest BCUT2D eigenvalue weighted by molar-refractivity contribution is -0.135. The minimum atomic E-state index is 0.152. The number of carbonyl (C=O) groups excluding carboxylic acids is 2. The monoisotopic (exact) mass is 345 g/mol. The molecule has 3 heterocycles. The van der Waals surface area contributed by atoms with Gasteiger partial charge in [-0.15, -0.1) is 0 Å². The lowest BCUT2D eigenvalue weighted by atomic mass is 10.1. The van der Waals surface area contributed by atoms with Gasteiger partial charge in [0.05, 0.1) is 0 Å². The van der Waals surface area contributed by atoms with Crippen LogP contribution in [0.4, 0.5) is 0 Å². The van der Waals surface area contributed by atoms with Crippen LogP contribution in [-0.4, -0.2) is 58.9 Å². The molecule has 6 heteroatoms. The van der Waals surface area contributed by atoms with Crippen molar-refractivity contribution in [3.8, 4) is 5.75 Å². The molecule has 1 aromatic heterocycles. The summed E-state index contributed by atoms with van der Waals surface area (Å²) in [6, 6.07) is 3.71. The van der Waals surface area contributed by atoms with E-state index in [1.807, 2.05) is 21.9 Å². The zero-order valence-corrected chi connectivity index (χ0v) is 14.7. The topological polar surface area (TPSA) is 62.7 Å². The summed E-state index contributed by atoms with van der Waals surface area (Å²) in [6.45, 7) is 2.81. The number of nitrogens with zero attached hydrogens (tertiary/aromatic N) is 3. The number of hydrogen-bond donors (Lipinski definition) is 0. The fraction of sp³-hybridized carbons (Fsp3) is 0.632. The van der Waals surface area contributed by atoms with Crippen molar-refractivity contribution >= 4 is 11.8 Å². The van der Waals surface area contributed by atoms with Gasteiger partial charge < -0.3 is 14.5 Å². The van der Waals surface area contributed by atoms with Gasteiger partial charge in [0, 0.05) is 64.3 Å². The normalized spacial score (nSPS) is 19.6. The summed E-state index contributed by atoms with van der Waals surface area (Å²) >= 11 is 0. The SMILES string of the molecule is O=C1CCCCCN1CCC(=O)N1CCC(Oc2ccncc2)CC1. The molecule has 2 fully saturated rings. The highest BCUT2D eigenvalue weighted by atomic mass is 16.5. The van der Waals surface area contributed by atoms with Crippen LogP contribution >= 0.6 is 0 Å². The molecule has 2 saturated heterocycles. The van der Waals surface area contributed by atoms with Crippen LogP contribution in [0.3, 0.4) is 0 Å². The second-order valence-electron chi connectivity index (χ2n) is 6.82. The number of hydrogen-bond acceptors (Lipinski definition) is 4. The van der Waals surface area contributed by atoms with Crippen LogP contribution in [0, 0.1) is 0 Å². The Bertz CT molecular complexity index is 571. The maximum absolute atomic E-state index is 12.4. The first kappa shape index (κ1) is 17.7. The highest BCUT2D eigenvalue weighted by molar-refractivity contribution is 5.79. The number of piperidine rings is 1. The molecule has 0 atom stereocenters. The molecule has 0 saturated carbocycles. The van der Waals surface area contributed by atoms with Crippen molar-refractivity contribution in [2.45, 2.75) is 51.0 Å². The molecule has 0 radical (unpaired) electrons. The quantitative estimate of drug-likeness (QED) is 0.821. The van der Waals surface area contributed by atoms with Gasteiger partial charge in [-0.1, -0.05) is 6.42 Å². The molecule has 6 nitrogen and oxygen atoms in total. The fourth-order valence-corrected chi connectivity index (χ4v) is 3.50. The van der Waals surface area contributed by atoms with Crippen LogP contribution < -0.4 is 4.74 Å². The highest BCUT2D eigenvalue weighted by Gasteiger charge is 2.25. The third-order valence-electron chi connectivity index (χ3n) is 5.01. The summed E-state index contributed by atoms with van der Waals surface area (Å²) in [7, 11) is 0. The molecule has 2 aliphatic rings. The molecule has 0 aromatic carbocycles. The lowest BCUT2D eigenvalue weighted by Crippen LogP contribution is -2.43. The summed E-state index contributed by atoms with van der Waals surface area (Å²) < 4.78 is 5.94. The van der Waals surface area contributed by atoms with Crippen molar-refractivity contribution in [1.29, 1.82) is 0 Å². The van der Waals surface area contributed by atoms with Gasteiger partial charge in [0.2, 0.25) is 11.8 Å². The largest absolute Gasteiger partial charge is 0.490 e. The molecule has 3 rings (SSSR count). The van der Waals surface area contributed by atoms with Crippen LogP contribution in [0.15, 0.2) is 24.5 Å². The van der Waals surface area contributed by atoms with Crippen LogP contribution in [0.25, 0.3) is 0 Å². The van der Waals surface area contributed by atoms with Gasteiger partial charge in [0.1, 0.15) is 11.9 Å². The van der Waals surface area contributed by atoms with E-state index < -0.39 is 0 Å². The molecular weight excluding hydrogens is 318 g/mol. The fourth-order valence-electron chi connectivity index (χ4n) is 3.50. The molecular formula is C19H27N3O3. The van der Waals surface area contributed by atoms with Gasteiger partial charge in [-0.05, 0) is 25.0 Å². The Hall–Kier alpha value is -2.11. The van der Waals surface area contributed by atoms with Crippen molar-refractivity contribution in [2.24, 2.45) is 0 Å². The van der Waals surface area contributed by atoms with Crippen LogP contribution in [0.1, 0.15) is 44.9 Å². The van der Waals surface area contributed by atoms with E-state index in [-0.39, 0.29) is 17.9 Å². The first-order valence-corrected chi connectivity index (χ1v) is 9.34. The third kappa shape index (κ3) is 5.18. The molecule has 0 bridgehead atoms. The maximum Gasteiger partial charge on any atom is 0.224 e. The average molecular weight is 345 g/mol. The number of likely N-dealkylation sites (tertiary alicyclic amines) is 2. The number of ether oxygens (including phenoxy) is 1. The maximum atomic E-state index is 12.4. The van der Waals surface area contributed by atoms with E-state index in [4.69, 9.17) is 4.74 Å². The second kappa shape index (κ2) is 8.83. The molecule has 0 spiro atoms. The van der Waals surface area contributed by atoms with E-state index in [1.54, 1.807) is 12.4 Å². The van der Waals surface area contributed by atoms with Crippen molar-refractivity contribution in [1.82, 2.24) is 14.8 Å². The summed E-state index contributed by atoms with van der Waals surface area (Å²) in [5.74, 6) is 1.19. The number of rotatable bonds is 5. The zero-order valence-electron chi connectivity index (χ0n) is 14.7. The van der Waals surface area contributed by atoms with E-state index in [2.05, 4.69) is 4.98 Å². The standard InChI is InChI=1S/C19H27N3O3/c23-18-4-2-1-3-12-21(18)15-9-19(24)22-13-7-17(8-14-22)25-16-5-10-20-11-6-16/h5-6,10-11,17H,1-4,7-9,12-15H2. The minimum absolute atomic E-state index is 0.152. The van der Waals surface area contributed by atoms with Gasteiger partial charge in [-0.25, -0.2) is 0 Å². The second-order valence-corrected chi connectivity index (χ2v) is 6.82. The van der Waals surface area contributed by atoms with Gasteiger partial charge >= 0.3 is 0 Å². The number of amides is 2. The van der Waals surface area contributed by atoms with Gasteiger partial charge in [0.15, 0.2) is 0 Å². The number of aromatic nitrogens is 1. The summed E-state index contributed by atoms with van der Waals surface area (Å²) in [6.07, 6.45) is 9.49. The Morgan fingerprint density at radius 2 is 1.88 bits per heavy atom. The predicted octanol–water partition coefficient (Wildman–Crippen LogP) is 2.24. The van der Waals surface area contributed by atoms with Gasteiger partial charge in [-0.2, -0.15) is 0 Å². The van der Waals surface area contributed by atoms with Crippen LogP contribution in [-0.2, 0) is 9.59 Å². The molecule has 0 N–H and O–H groups in total. The zero-order chi connectivity index (χ0) is 17.5. The molecule has 25 heavy (non-hydrogen) atoms. The average Bonchev–Trinajstić information content (AvgIpc) is 2.85. The van der Waals surface area contributed by atoms with E-state index in [0.717, 1.165) is 57.5 Å². The Morgan fingerprint density at radius 3 is 2.64 bits per heavy atom. The van der Waals surface area contributed by atoms with E-state index in [0.29, 0.717) is 19.4 Å². The summed E-state index contributed by atoms with van der Waals surface area (Å²) in [5.41, 5.74) is 0. The van der Waals surface area contributed by atoms with Crippen molar-refractivity contribution < 1.29 is 14.3 Å². The smallest absolute Gasteiger partial charge is 0.224 e. The van der Waals surface area contributed by atoms with Crippen molar-refractivity contribution in [3.63, 3.8) is 0 Å². The van der Waals surface area contributed by atoms with Gasteiger partial charge in [-0.3, -0.25) is 14.6 Å². The molecule has 0 aliphatic carbocycles. The third-order valence-corrected chi connectivity index (χ3v) is 5.01. The van der Waals surface area contributed by atoms with Crippen LogP contribution in [0.5, 0.6) is 5.75 Å². The molecule has 136 valence electrons. The van der Waals surface area contributed by atoms with E-state index in [9.17, 15) is 9.59 Å². The van der Waals surface area contributed by atoms with Crippen LogP contribution in [0.2, 0.25) is 0 Å². The Morgan fingerprint density at radius 1 is 1.12 bits per heavy atom. The van der Waals surface area contributed by atoms with Crippen molar-refractivity contribution in [3.05, 3.63) is 24.5 Å². The Labute approximate surface area is 149 Å². The predicted molar refractivity (Wildman–Crippen MR) is 94.1 cm³/mol. The van der Waals surface area contributed by atoms with Gasteiger partial charge in [0.25, 0.3) is 0 Å². The molecule has 2 amide bonds. The minimum Gasteiger partial charge on any atom is -0.490 e. The number of pyridine rings is 1. The summed E-state index contributed by atoms with van der Waals surface area (Å²) in [4.78, 5) is 32.2. The Balaban J connectivity index is 1.40. The van der Waals surface area contributed by atoms with E-state index in [1.165, 1.54) is 0 Å². The summed E-state index contributed by atoms with van der Waals surface area (Å²) in [5, 5.41) is 0.